The zero-order chi connectivity index (χ0) is 13.8. The fourth-order valence-electron chi connectivity index (χ4n) is 2.31. The summed E-state index contributed by atoms with van der Waals surface area (Å²) in [6.45, 7) is 3.58. The number of aliphatic hydroxyl groups excluding tert-OH is 1. The Labute approximate surface area is 111 Å². The monoisotopic (exact) mass is 266 g/mol. The summed E-state index contributed by atoms with van der Waals surface area (Å²) >= 11 is 0. The molecule has 104 valence electrons. The van der Waals surface area contributed by atoms with E-state index in [2.05, 4.69) is 0 Å². The van der Waals surface area contributed by atoms with E-state index in [-0.39, 0.29) is 17.5 Å². The van der Waals surface area contributed by atoms with Crippen molar-refractivity contribution in [3.63, 3.8) is 0 Å². The van der Waals surface area contributed by atoms with Crippen molar-refractivity contribution in [3.8, 4) is 5.75 Å². The molecule has 6 nitrogen and oxygen atoms in total. The van der Waals surface area contributed by atoms with Crippen LogP contribution < -0.4 is 9.64 Å². The quantitative estimate of drug-likeness (QED) is 0.666. The molecule has 0 bridgehead atoms. The number of aliphatic hydroxyl groups is 1. The van der Waals surface area contributed by atoms with Crippen LogP contribution in [-0.2, 0) is 0 Å². The third-order valence-electron chi connectivity index (χ3n) is 3.20. The van der Waals surface area contributed by atoms with Gasteiger partial charge < -0.3 is 14.7 Å². The van der Waals surface area contributed by atoms with Crippen molar-refractivity contribution in [2.75, 3.05) is 24.6 Å². The van der Waals surface area contributed by atoms with E-state index in [4.69, 9.17) is 4.74 Å². The number of nitrogens with zero attached hydrogens (tertiary/aromatic N) is 2. The van der Waals surface area contributed by atoms with Crippen molar-refractivity contribution in [2.24, 2.45) is 0 Å². The lowest BCUT2D eigenvalue weighted by molar-refractivity contribution is -0.385. The molecule has 0 aromatic heterocycles. The Morgan fingerprint density at radius 2 is 2.37 bits per heavy atom. The van der Waals surface area contributed by atoms with Crippen molar-refractivity contribution in [1.82, 2.24) is 0 Å². The van der Waals surface area contributed by atoms with Crippen molar-refractivity contribution in [3.05, 3.63) is 28.3 Å². The van der Waals surface area contributed by atoms with Crippen molar-refractivity contribution in [2.45, 2.75) is 25.9 Å². The van der Waals surface area contributed by atoms with Crippen molar-refractivity contribution >= 4 is 11.4 Å². The van der Waals surface area contributed by atoms with Gasteiger partial charge in [-0.25, -0.2) is 0 Å². The van der Waals surface area contributed by atoms with Crippen LogP contribution in [0.4, 0.5) is 11.4 Å². The molecule has 1 aliphatic rings. The highest BCUT2D eigenvalue weighted by Crippen LogP contribution is 2.32. The normalized spacial score (nSPS) is 19.3. The minimum absolute atomic E-state index is 0.0249. The van der Waals surface area contributed by atoms with E-state index in [1.165, 1.54) is 6.07 Å². The Balaban J connectivity index is 2.26. The molecule has 2 rings (SSSR count). The van der Waals surface area contributed by atoms with Gasteiger partial charge in [0.15, 0.2) is 5.75 Å². The minimum atomic E-state index is -0.445. The first-order valence-corrected chi connectivity index (χ1v) is 6.46. The second-order valence-corrected chi connectivity index (χ2v) is 4.58. The summed E-state index contributed by atoms with van der Waals surface area (Å²) in [5, 5.41) is 20.6. The van der Waals surface area contributed by atoms with Gasteiger partial charge in [-0.05, 0) is 25.8 Å². The number of ether oxygens (including phenoxy) is 1. The molecule has 1 aromatic rings. The third kappa shape index (κ3) is 3.14. The molecular formula is C13H18N2O4. The lowest BCUT2D eigenvalue weighted by Gasteiger charge is -2.32. The molecule has 1 aliphatic heterocycles. The lowest BCUT2D eigenvalue weighted by Crippen LogP contribution is -2.38. The second-order valence-electron chi connectivity index (χ2n) is 4.58. The molecule has 1 saturated heterocycles. The molecular weight excluding hydrogens is 248 g/mol. The van der Waals surface area contributed by atoms with Gasteiger partial charge in [0.2, 0.25) is 0 Å². The Morgan fingerprint density at radius 3 is 3.00 bits per heavy atom. The third-order valence-corrected chi connectivity index (χ3v) is 3.20. The molecule has 6 heteroatoms. The number of anilines is 1. The number of nitro benzene ring substituents is 1. The number of benzene rings is 1. The molecule has 0 aliphatic carbocycles. The fraction of sp³-hybridized carbons (Fsp3) is 0.538. The maximum atomic E-state index is 10.9. The Bertz CT molecular complexity index is 464. The van der Waals surface area contributed by atoms with Crippen LogP contribution in [0.5, 0.6) is 5.75 Å². The van der Waals surface area contributed by atoms with E-state index in [1.807, 2.05) is 4.90 Å². The number of piperidine rings is 1. The highest BCUT2D eigenvalue weighted by Gasteiger charge is 2.21. The van der Waals surface area contributed by atoms with E-state index in [0.717, 1.165) is 25.1 Å². The van der Waals surface area contributed by atoms with Gasteiger partial charge in [0.05, 0.1) is 17.6 Å². The summed E-state index contributed by atoms with van der Waals surface area (Å²) in [7, 11) is 0. The van der Waals surface area contributed by atoms with Crippen molar-refractivity contribution < 1.29 is 14.8 Å². The fourth-order valence-corrected chi connectivity index (χ4v) is 2.31. The zero-order valence-electron chi connectivity index (χ0n) is 10.9. The van der Waals surface area contributed by atoms with E-state index in [0.29, 0.717) is 13.2 Å². The van der Waals surface area contributed by atoms with Gasteiger partial charge >= 0.3 is 5.69 Å². The molecule has 1 N–H and O–H groups in total. The minimum Gasteiger partial charge on any atom is -0.487 e. The molecule has 0 spiro atoms. The zero-order valence-corrected chi connectivity index (χ0v) is 10.9. The predicted molar refractivity (Wildman–Crippen MR) is 71.7 cm³/mol. The van der Waals surface area contributed by atoms with Gasteiger partial charge in [-0.2, -0.15) is 0 Å². The highest BCUT2D eigenvalue weighted by molar-refractivity contribution is 5.59. The summed E-state index contributed by atoms with van der Waals surface area (Å²) < 4.78 is 5.33. The molecule has 1 aromatic carbocycles. The maximum Gasteiger partial charge on any atom is 0.311 e. The Kier molecular flexibility index (Phi) is 4.21. The first-order valence-electron chi connectivity index (χ1n) is 6.46. The number of nitro groups is 1. The van der Waals surface area contributed by atoms with Crippen LogP contribution >= 0.6 is 0 Å². The smallest absolute Gasteiger partial charge is 0.311 e. The van der Waals surface area contributed by atoms with Gasteiger partial charge in [0.25, 0.3) is 0 Å². The number of rotatable bonds is 4. The molecule has 0 amide bonds. The largest absolute Gasteiger partial charge is 0.487 e. The molecule has 1 atom stereocenters. The maximum absolute atomic E-state index is 10.9. The molecule has 0 saturated carbocycles. The first-order chi connectivity index (χ1) is 9.11. The number of hydrogen-bond acceptors (Lipinski definition) is 5. The number of hydrogen-bond donors (Lipinski definition) is 1. The topological polar surface area (TPSA) is 75.8 Å². The highest BCUT2D eigenvalue weighted by atomic mass is 16.6. The molecule has 0 radical (unpaired) electrons. The van der Waals surface area contributed by atoms with E-state index in [1.54, 1.807) is 19.1 Å². The molecule has 19 heavy (non-hydrogen) atoms. The Hall–Kier alpha value is -1.82. The standard InChI is InChI=1S/C13H18N2O4/c1-2-19-13-8-10(5-6-12(13)15(17)18)14-7-3-4-11(16)9-14/h5-6,8,11,16H,2-4,7,9H2,1H3. The average Bonchev–Trinajstić information content (AvgIpc) is 2.39. The molecule has 1 heterocycles. The number of β-amino-alcohol motifs (C(OH)–C–C–N with tert-alkyl or cyclic N) is 1. The van der Waals surface area contributed by atoms with E-state index >= 15 is 0 Å². The van der Waals surface area contributed by atoms with Crippen LogP contribution in [0.15, 0.2) is 18.2 Å². The van der Waals surface area contributed by atoms with Crippen LogP contribution in [-0.4, -0.2) is 35.8 Å². The summed E-state index contributed by atoms with van der Waals surface area (Å²) in [6, 6.07) is 4.85. The van der Waals surface area contributed by atoms with Gasteiger partial charge in [-0.1, -0.05) is 0 Å². The van der Waals surface area contributed by atoms with Gasteiger partial charge in [0.1, 0.15) is 0 Å². The van der Waals surface area contributed by atoms with Crippen LogP contribution in [0.25, 0.3) is 0 Å². The van der Waals surface area contributed by atoms with Crippen LogP contribution in [0, 0.1) is 10.1 Å². The van der Waals surface area contributed by atoms with Gasteiger partial charge in [-0.3, -0.25) is 10.1 Å². The Morgan fingerprint density at radius 1 is 1.58 bits per heavy atom. The first kappa shape index (κ1) is 13.6. The summed E-state index contributed by atoms with van der Waals surface area (Å²) in [5.41, 5.74) is 0.830. The molecule has 1 fully saturated rings. The van der Waals surface area contributed by atoms with Crippen LogP contribution in [0.1, 0.15) is 19.8 Å². The van der Waals surface area contributed by atoms with Crippen molar-refractivity contribution in [1.29, 1.82) is 0 Å². The van der Waals surface area contributed by atoms with E-state index in [9.17, 15) is 15.2 Å². The SMILES string of the molecule is CCOc1cc(N2CCCC(O)C2)ccc1[N+](=O)[O-]. The van der Waals surface area contributed by atoms with Gasteiger partial charge in [0, 0.05) is 30.9 Å². The summed E-state index contributed by atoms with van der Waals surface area (Å²) in [4.78, 5) is 12.5. The van der Waals surface area contributed by atoms with Crippen LogP contribution in [0.2, 0.25) is 0 Å². The molecule has 1 unspecified atom stereocenters. The average molecular weight is 266 g/mol. The lowest BCUT2D eigenvalue weighted by atomic mass is 10.1. The predicted octanol–water partition coefficient (Wildman–Crippen LogP) is 1.95. The summed E-state index contributed by atoms with van der Waals surface area (Å²) in [5.74, 6) is 0.282. The van der Waals surface area contributed by atoms with Gasteiger partial charge in [-0.15, -0.1) is 0 Å². The second kappa shape index (κ2) is 5.88. The summed E-state index contributed by atoms with van der Waals surface area (Å²) in [6.07, 6.45) is 1.39. The van der Waals surface area contributed by atoms with E-state index < -0.39 is 4.92 Å². The van der Waals surface area contributed by atoms with Crippen LogP contribution in [0.3, 0.4) is 0 Å².